The predicted molar refractivity (Wildman–Crippen MR) is 70.6 cm³/mol. The summed E-state index contributed by atoms with van der Waals surface area (Å²) in [6.45, 7) is 0. The maximum atomic E-state index is 11.8. The van der Waals surface area contributed by atoms with Crippen LogP contribution in [-0.4, -0.2) is 22.7 Å². The fraction of sp³-hybridized carbons (Fsp3) is 0.214. The lowest BCUT2D eigenvalue weighted by Gasteiger charge is -2.06. The van der Waals surface area contributed by atoms with Crippen LogP contribution in [0.5, 0.6) is 0 Å². The van der Waals surface area contributed by atoms with E-state index in [2.05, 4.69) is 16.5 Å². The Labute approximate surface area is 111 Å². The number of nitriles is 1. The molecule has 1 aromatic carbocycles. The molecule has 0 saturated carbocycles. The van der Waals surface area contributed by atoms with E-state index in [4.69, 9.17) is 5.26 Å². The summed E-state index contributed by atoms with van der Waals surface area (Å²) in [7, 11) is 3.33. The maximum Gasteiger partial charge on any atom is 0.251 e. The van der Waals surface area contributed by atoms with E-state index >= 15 is 0 Å². The molecule has 0 aliphatic rings. The fourth-order valence-electron chi connectivity index (χ4n) is 1.94. The molecular formula is C14H14N4O. The molecule has 0 unspecified atom stereocenters. The molecule has 1 aromatic heterocycles. The maximum absolute atomic E-state index is 11.8. The highest BCUT2D eigenvalue weighted by atomic mass is 16.1. The molecule has 0 radical (unpaired) electrons. The van der Waals surface area contributed by atoms with Crippen LogP contribution in [0, 0.1) is 11.3 Å². The second-order valence-corrected chi connectivity index (χ2v) is 4.17. The van der Waals surface area contributed by atoms with Crippen molar-refractivity contribution in [1.29, 1.82) is 5.26 Å². The van der Waals surface area contributed by atoms with Crippen molar-refractivity contribution in [3.63, 3.8) is 0 Å². The van der Waals surface area contributed by atoms with Gasteiger partial charge in [-0.15, -0.1) is 0 Å². The molecule has 1 N–H and O–H groups in total. The lowest BCUT2D eigenvalue weighted by Crippen LogP contribution is -2.19. The first-order valence-electron chi connectivity index (χ1n) is 5.88. The zero-order chi connectivity index (χ0) is 13.8. The van der Waals surface area contributed by atoms with Crippen LogP contribution in [0.4, 0.5) is 0 Å². The first-order valence-corrected chi connectivity index (χ1v) is 5.88. The highest BCUT2D eigenvalue weighted by molar-refractivity contribution is 5.95. The Morgan fingerprint density at radius 2 is 2.21 bits per heavy atom. The topological polar surface area (TPSA) is 70.7 Å². The Bertz CT molecular complexity index is 652. The van der Waals surface area contributed by atoms with Gasteiger partial charge in [0.05, 0.1) is 5.69 Å². The van der Waals surface area contributed by atoms with Gasteiger partial charge in [-0.25, -0.2) is 0 Å². The number of carbonyl (C=O) groups excluding carboxylic acids is 1. The minimum Gasteiger partial charge on any atom is -0.355 e. The van der Waals surface area contributed by atoms with Crippen LogP contribution in [0.1, 0.15) is 27.3 Å². The molecule has 0 atom stereocenters. The molecule has 2 rings (SSSR count). The van der Waals surface area contributed by atoms with Crippen molar-refractivity contribution in [2.45, 2.75) is 6.42 Å². The average Bonchev–Trinajstić information content (AvgIpc) is 2.78. The minimum atomic E-state index is -0.118. The number of hydrogen-bond donors (Lipinski definition) is 1. The lowest BCUT2D eigenvalue weighted by molar-refractivity contribution is 0.0962. The van der Waals surface area contributed by atoms with Gasteiger partial charge in [-0.3, -0.25) is 9.48 Å². The smallest absolute Gasteiger partial charge is 0.251 e. The first-order chi connectivity index (χ1) is 9.15. The van der Waals surface area contributed by atoms with E-state index in [1.165, 1.54) is 4.68 Å². The summed E-state index contributed by atoms with van der Waals surface area (Å²) in [6.07, 6.45) is 0.527. The summed E-state index contributed by atoms with van der Waals surface area (Å²) < 4.78 is 1.54. The standard InChI is InChI=1S/C14H14N4O/c1-16-14(19)13-6-4-3-5-10(13)7-11-8-12(9-15)18(2)17-11/h3-6,8H,7H2,1-2H3,(H,16,19). The third-order valence-corrected chi connectivity index (χ3v) is 2.91. The Morgan fingerprint density at radius 1 is 1.47 bits per heavy atom. The van der Waals surface area contributed by atoms with E-state index in [0.717, 1.165) is 11.3 Å². The van der Waals surface area contributed by atoms with Crippen molar-refractivity contribution in [3.8, 4) is 6.07 Å². The SMILES string of the molecule is CNC(=O)c1ccccc1Cc1cc(C#N)n(C)n1. The number of carbonyl (C=O) groups is 1. The van der Waals surface area contributed by atoms with Crippen LogP contribution in [0.3, 0.4) is 0 Å². The van der Waals surface area contributed by atoms with Crippen molar-refractivity contribution in [2.75, 3.05) is 7.05 Å². The number of nitrogens with one attached hydrogen (secondary N) is 1. The third-order valence-electron chi connectivity index (χ3n) is 2.91. The average molecular weight is 254 g/mol. The van der Waals surface area contributed by atoms with Crippen LogP contribution in [-0.2, 0) is 13.5 Å². The van der Waals surface area contributed by atoms with E-state index in [1.54, 1.807) is 26.2 Å². The van der Waals surface area contributed by atoms with Gasteiger partial charge in [0.2, 0.25) is 0 Å². The normalized spacial score (nSPS) is 9.95. The van der Waals surface area contributed by atoms with Gasteiger partial charge in [-0.2, -0.15) is 10.4 Å². The van der Waals surface area contributed by atoms with Crippen molar-refractivity contribution in [3.05, 3.63) is 52.8 Å². The lowest BCUT2D eigenvalue weighted by atomic mass is 10.0. The number of nitrogens with zero attached hydrogens (tertiary/aromatic N) is 3. The van der Waals surface area contributed by atoms with E-state index in [9.17, 15) is 4.79 Å². The van der Waals surface area contributed by atoms with Crippen LogP contribution < -0.4 is 5.32 Å². The second-order valence-electron chi connectivity index (χ2n) is 4.17. The Kier molecular flexibility index (Phi) is 3.62. The van der Waals surface area contributed by atoms with Gasteiger partial charge < -0.3 is 5.32 Å². The van der Waals surface area contributed by atoms with Gasteiger partial charge in [0.1, 0.15) is 11.8 Å². The highest BCUT2D eigenvalue weighted by Gasteiger charge is 2.12. The Hall–Kier alpha value is -2.61. The zero-order valence-electron chi connectivity index (χ0n) is 10.8. The molecule has 1 amide bonds. The van der Waals surface area contributed by atoms with Gasteiger partial charge in [0.15, 0.2) is 0 Å². The molecule has 96 valence electrons. The van der Waals surface area contributed by atoms with Gasteiger partial charge in [0, 0.05) is 26.1 Å². The highest BCUT2D eigenvalue weighted by Crippen LogP contribution is 2.14. The zero-order valence-corrected chi connectivity index (χ0v) is 10.8. The van der Waals surface area contributed by atoms with Gasteiger partial charge in [0.25, 0.3) is 5.91 Å². The van der Waals surface area contributed by atoms with Crippen molar-refractivity contribution in [2.24, 2.45) is 7.05 Å². The summed E-state index contributed by atoms with van der Waals surface area (Å²) in [4.78, 5) is 11.8. The Balaban J connectivity index is 2.33. The monoisotopic (exact) mass is 254 g/mol. The van der Waals surface area contributed by atoms with Crippen LogP contribution >= 0.6 is 0 Å². The number of benzene rings is 1. The number of aryl methyl sites for hydroxylation is 1. The summed E-state index contributed by atoms with van der Waals surface area (Å²) in [6, 6.07) is 11.2. The fourth-order valence-corrected chi connectivity index (χ4v) is 1.94. The first kappa shape index (κ1) is 12.8. The van der Waals surface area contributed by atoms with Crippen molar-refractivity contribution in [1.82, 2.24) is 15.1 Å². The van der Waals surface area contributed by atoms with Crippen LogP contribution in [0.25, 0.3) is 0 Å². The van der Waals surface area contributed by atoms with Crippen molar-refractivity contribution < 1.29 is 4.79 Å². The quantitative estimate of drug-likeness (QED) is 0.895. The predicted octanol–water partition coefficient (Wildman–Crippen LogP) is 1.24. The van der Waals surface area contributed by atoms with Crippen LogP contribution in [0.15, 0.2) is 30.3 Å². The molecule has 0 saturated heterocycles. The number of aromatic nitrogens is 2. The Morgan fingerprint density at radius 3 is 2.84 bits per heavy atom. The van der Waals surface area contributed by atoms with E-state index in [0.29, 0.717) is 17.7 Å². The molecule has 0 fully saturated rings. The largest absolute Gasteiger partial charge is 0.355 e. The minimum absolute atomic E-state index is 0.118. The van der Waals surface area contributed by atoms with Gasteiger partial charge in [-0.05, 0) is 17.7 Å². The summed E-state index contributed by atoms with van der Waals surface area (Å²) >= 11 is 0. The summed E-state index contributed by atoms with van der Waals surface area (Å²) in [5.41, 5.74) is 2.81. The molecule has 0 spiro atoms. The van der Waals surface area contributed by atoms with Crippen molar-refractivity contribution >= 4 is 5.91 Å². The van der Waals surface area contributed by atoms with E-state index < -0.39 is 0 Å². The molecule has 19 heavy (non-hydrogen) atoms. The van der Waals surface area contributed by atoms with Gasteiger partial charge >= 0.3 is 0 Å². The number of hydrogen-bond acceptors (Lipinski definition) is 3. The number of rotatable bonds is 3. The summed E-state index contributed by atoms with van der Waals surface area (Å²) in [5.74, 6) is -0.118. The molecule has 2 aromatic rings. The van der Waals surface area contributed by atoms with E-state index in [1.807, 2.05) is 18.2 Å². The van der Waals surface area contributed by atoms with Gasteiger partial charge in [-0.1, -0.05) is 18.2 Å². The van der Waals surface area contributed by atoms with E-state index in [-0.39, 0.29) is 5.91 Å². The number of amides is 1. The molecule has 5 heteroatoms. The second kappa shape index (κ2) is 5.36. The molecule has 5 nitrogen and oxygen atoms in total. The summed E-state index contributed by atoms with van der Waals surface area (Å²) in [5, 5.41) is 15.8. The molecule has 1 heterocycles. The van der Waals surface area contributed by atoms with Crippen LogP contribution in [0.2, 0.25) is 0 Å². The molecule has 0 aliphatic heterocycles. The molecule has 0 aliphatic carbocycles. The molecular weight excluding hydrogens is 240 g/mol. The molecule has 0 bridgehead atoms. The third kappa shape index (κ3) is 2.63.